The second kappa shape index (κ2) is 6.20. The first-order chi connectivity index (χ1) is 8.58. The number of hydrogen-bond acceptors (Lipinski definition) is 6. The van der Waals surface area contributed by atoms with Gasteiger partial charge in [-0.2, -0.15) is 5.26 Å². The maximum absolute atomic E-state index is 10.9. The molecule has 94 valence electrons. The molecular weight excluding hydrogens is 240 g/mol. The van der Waals surface area contributed by atoms with E-state index in [0.29, 0.717) is 5.56 Å². The normalized spacial score (nSPS) is 9.33. The third-order valence-corrected chi connectivity index (χ3v) is 2.08. The SMILES string of the molecule is COC(=O)COc1ccc(CC#N)cc1[N+](=O)[O-]. The van der Waals surface area contributed by atoms with Crippen LogP contribution in [0.25, 0.3) is 0 Å². The summed E-state index contributed by atoms with van der Waals surface area (Å²) >= 11 is 0. The molecule has 18 heavy (non-hydrogen) atoms. The molecule has 0 fully saturated rings. The van der Waals surface area contributed by atoms with Gasteiger partial charge < -0.3 is 9.47 Å². The van der Waals surface area contributed by atoms with Crippen LogP contribution < -0.4 is 4.74 Å². The molecule has 0 radical (unpaired) electrons. The topological polar surface area (TPSA) is 102 Å². The van der Waals surface area contributed by atoms with E-state index in [0.717, 1.165) is 0 Å². The zero-order valence-corrected chi connectivity index (χ0v) is 9.58. The van der Waals surface area contributed by atoms with Crippen LogP contribution in [0.15, 0.2) is 18.2 Å². The van der Waals surface area contributed by atoms with Crippen LogP contribution in [-0.2, 0) is 16.0 Å². The fourth-order valence-electron chi connectivity index (χ4n) is 1.22. The second-order valence-corrected chi connectivity index (χ2v) is 3.26. The van der Waals surface area contributed by atoms with Gasteiger partial charge in [-0.25, -0.2) is 4.79 Å². The Kier molecular flexibility index (Phi) is 4.63. The van der Waals surface area contributed by atoms with Gasteiger partial charge in [0.25, 0.3) is 0 Å². The van der Waals surface area contributed by atoms with Crippen molar-refractivity contribution in [2.75, 3.05) is 13.7 Å². The third-order valence-electron chi connectivity index (χ3n) is 2.08. The average Bonchev–Trinajstić information content (AvgIpc) is 2.36. The van der Waals surface area contributed by atoms with Gasteiger partial charge in [0.15, 0.2) is 12.4 Å². The van der Waals surface area contributed by atoms with E-state index in [1.54, 1.807) is 0 Å². The molecule has 0 bridgehead atoms. The Morgan fingerprint density at radius 1 is 1.56 bits per heavy atom. The number of hydrogen-bond donors (Lipinski definition) is 0. The highest BCUT2D eigenvalue weighted by atomic mass is 16.6. The number of nitrogens with zero attached hydrogens (tertiary/aromatic N) is 2. The van der Waals surface area contributed by atoms with Crippen LogP contribution in [0.5, 0.6) is 5.75 Å². The molecule has 0 aliphatic rings. The predicted octanol–water partition coefficient (Wildman–Crippen LogP) is 1.21. The minimum atomic E-state index is -0.634. The van der Waals surface area contributed by atoms with E-state index in [9.17, 15) is 14.9 Å². The Labute approximate surface area is 103 Å². The van der Waals surface area contributed by atoms with Crippen LogP contribution in [0, 0.1) is 21.4 Å². The molecule has 0 N–H and O–H groups in total. The van der Waals surface area contributed by atoms with E-state index in [-0.39, 0.29) is 17.9 Å². The Balaban J connectivity index is 2.94. The predicted molar refractivity (Wildman–Crippen MR) is 59.9 cm³/mol. The van der Waals surface area contributed by atoms with Gasteiger partial charge in [0.2, 0.25) is 0 Å². The van der Waals surface area contributed by atoms with Crippen molar-refractivity contribution in [3.05, 3.63) is 33.9 Å². The van der Waals surface area contributed by atoms with E-state index in [1.807, 2.05) is 6.07 Å². The summed E-state index contributed by atoms with van der Waals surface area (Å²) in [6.07, 6.45) is 0.0676. The zero-order valence-electron chi connectivity index (χ0n) is 9.58. The van der Waals surface area contributed by atoms with Crippen LogP contribution in [0.1, 0.15) is 5.56 Å². The highest BCUT2D eigenvalue weighted by Crippen LogP contribution is 2.28. The number of carbonyl (C=O) groups excluding carboxylic acids is 1. The van der Waals surface area contributed by atoms with Gasteiger partial charge in [-0.15, -0.1) is 0 Å². The largest absolute Gasteiger partial charge is 0.475 e. The highest BCUT2D eigenvalue weighted by Gasteiger charge is 2.17. The first-order valence-corrected chi connectivity index (χ1v) is 4.92. The number of nitriles is 1. The maximum Gasteiger partial charge on any atom is 0.343 e. The number of rotatable bonds is 5. The lowest BCUT2D eigenvalue weighted by atomic mass is 10.1. The Morgan fingerprint density at radius 3 is 2.83 bits per heavy atom. The minimum absolute atomic E-state index is 0.0351. The zero-order chi connectivity index (χ0) is 13.5. The van der Waals surface area contributed by atoms with Crippen LogP contribution in [0.2, 0.25) is 0 Å². The molecule has 0 unspecified atom stereocenters. The monoisotopic (exact) mass is 250 g/mol. The molecule has 7 nitrogen and oxygen atoms in total. The second-order valence-electron chi connectivity index (χ2n) is 3.26. The molecule has 0 aromatic heterocycles. The van der Waals surface area contributed by atoms with Crippen molar-refractivity contribution in [2.45, 2.75) is 6.42 Å². The van der Waals surface area contributed by atoms with Crippen molar-refractivity contribution in [1.82, 2.24) is 0 Å². The summed E-state index contributed by atoms with van der Waals surface area (Å²) < 4.78 is 9.34. The van der Waals surface area contributed by atoms with Gasteiger partial charge in [0.05, 0.1) is 24.5 Å². The third kappa shape index (κ3) is 3.45. The summed E-state index contributed by atoms with van der Waals surface area (Å²) in [5.41, 5.74) is 0.223. The summed E-state index contributed by atoms with van der Waals surface area (Å²) in [6, 6.07) is 6.02. The molecule has 0 saturated heterocycles. The lowest BCUT2D eigenvalue weighted by molar-refractivity contribution is -0.385. The van der Waals surface area contributed by atoms with E-state index in [2.05, 4.69) is 4.74 Å². The molecular formula is C11H10N2O5. The number of benzene rings is 1. The Hall–Kier alpha value is -2.62. The van der Waals surface area contributed by atoms with Crippen LogP contribution in [0.3, 0.4) is 0 Å². The molecule has 7 heteroatoms. The summed E-state index contributed by atoms with van der Waals surface area (Å²) in [5, 5.41) is 19.3. The summed E-state index contributed by atoms with van der Waals surface area (Å²) in [6.45, 7) is -0.408. The molecule has 0 saturated carbocycles. The van der Waals surface area contributed by atoms with Gasteiger partial charge in [0.1, 0.15) is 0 Å². The van der Waals surface area contributed by atoms with Crippen molar-refractivity contribution in [3.8, 4) is 11.8 Å². The number of nitro benzene ring substituents is 1. The van der Waals surface area contributed by atoms with E-state index < -0.39 is 17.5 Å². The van der Waals surface area contributed by atoms with E-state index in [4.69, 9.17) is 10.00 Å². The van der Waals surface area contributed by atoms with Crippen LogP contribution >= 0.6 is 0 Å². The number of methoxy groups -OCH3 is 1. The molecule has 0 heterocycles. The van der Waals surface area contributed by atoms with Gasteiger partial charge in [0, 0.05) is 6.07 Å². The average molecular weight is 250 g/mol. The standard InChI is InChI=1S/C11H10N2O5/c1-17-11(14)7-18-10-3-2-8(4-5-12)6-9(10)13(15)16/h2-3,6H,4,7H2,1H3. The Bertz CT molecular complexity index is 507. The first-order valence-electron chi connectivity index (χ1n) is 4.92. The Morgan fingerprint density at radius 2 is 2.28 bits per heavy atom. The smallest absolute Gasteiger partial charge is 0.343 e. The lowest BCUT2D eigenvalue weighted by Gasteiger charge is -2.06. The maximum atomic E-state index is 10.9. The van der Waals surface area contributed by atoms with Crippen molar-refractivity contribution in [1.29, 1.82) is 5.26 Å². The van der Waals surface area contributed by atoms with Gasteiger partial charge in [-0.3, -0.25) is 10.1 Å². The molecule has 0 aliphatic carbocycles. The summed E-state index contributed by atoms with van der Waals surface area (Å²) in [7, 11) is 1.19. The van der Waals surface area contributed by atoms with Crippen molar-refractivity contribution >= 4 is 11.7 Å². The van der Waals surface area contributed by atoms with Crippen molar-refractivity contribution in [3.63, 3.8) is 0 Å². The molecule has 1 rings (SSSR count). The molecule has 0 amide bonds. The van der Waals surface area contributed by atoms with Crippen LogP contribution in [0.4, 0.5) is 5.69 Å². The molecule has 1 aromatic carbocycles. The fraction of sp³-hybridized carbons (Fsp3) is 0.273. The number of ether oxygens (including phenoxy) is 2. The van der Waals surface area contributed by atoms with E-state index >= 15 is 0 Å². The van der Waals surface area contributed by atoms with Gasteiger partial charge in [-0.05, 0) is 11.6 Å². The molecule has 0 aliphatic heterocycles. The van der Waals surface area contributed by atoms with Crippen molar-refractivity contribution in [2.24, 2.45) is 0 Å². The van der Waals surface area contributed by atoms with Crippen LogP contribution in [-0.4, -0.2) is 24.6 Å². The molecule has 1 aromatic rings. The quantitative estimate of drug-likeness (QED) is 0.442. The minimum Gasteiger partial charge on any atom is -0.475 e. The molecule has 0 spiro atoms. The number of carbonyl (C=O) groups is 1. The highest BCUT2D eigenvalue weighted by molar-refractivity contribution is 5.71. The number of nitro groups is 1. The van der Waals surface area contributed by atoms with Gasteiger partial charge >= 0.3 is 11.7 Å². The van der Waals surface area contributed by atoms with Gasteiger partial charge in [-0.1, -0.05) is 6.07 Å². The van der Waals surface area contributed by atoms with Crippen molar-refractivity contribution < 1.29 is 19.2 Å². The lowest BCUT2D eigenvalue weighted by Crippen LogP contribution is -2.13. The fourth-order valence-corrected chi connectivity index (χ4v) is 1.22. The van der Waals surface area contributed by atoms with E-state index in [1.165, 1.54) is 25.3 Å². The summed E-state index contributed by atoms with van der Waals surface area (Å²) in [5.74, 6) is -0.669. The summed E-state index contributed by atoms with van der Waals surface area (Å²) in [4.78, 5) is 21.1. The first kappa shape index (κ1) is 13.4. The number of esters is 1. The molecule has 0 atom stereocenters.